The summed E-state index contributed by atoms with van der Waals surface area (Å²) >= 11 is 0. The monoisotopic (exact) mass is 492 g/mol. The predicted octanol–water partition coefficient (Wildman–Crippen LogP) is 3.97. The first-order chi connectivity index (χ1) is 17.0. The van der Waals surface area contributed by atoms with Crippen molar-refractivity contribution in [3.63, 3.8) is 0 Å². The van der Waals surface area contributed by atoms with E-state index in [9.17, 15) is 8.42 Å². The fourth-order valence-electron chi connectivity index (χ4n) is 3.36. The highest BCUT2D eigenvalue weighted by atomic mass is 32.2. The SMILES string of the molecule is CS(=O)(=O)CCNCCOc1ccc2c(Nc3ccc(OCc4ccccc4)cc3)ncnc2c1. The standard InChI is InChI=1S/C26H28N4O4S/c1-35(31,32)16-14-27-13-15-33-23-11-12-24-25(17-23)28-19-29-26(24)30-21-7-9-22(10-8-21)34-18-20-5-3-2-4-6-20/h2-12,17,19,27H,13-16,18H2,1H3,(H,28,29,30). The summed E-state index contributed by atoms with van der Waals surface area (Å²) in [6.07, 6.45) is 2.74. The average molecular weight is 493 g/mol. The lowest BCUT2D eigenvalue weighted by Gasteiger charge is -2.11. The van der Waals surface area contributed by atoms with Gasteiger partial charge < -0.3 is 20.1 Å². The van der Waals surface area contributed by atoms with Crippen LogP contribution in [0, 0.1) is 0 Å². The van der Waals surface area contributed by atoms with Gasteiger partial charge in [0.2, 0.25) is 0 Å². The van der Waals surface area contributed by atoms with Gasteiger partial charge in [-0.05, 0) is 42.0 Å². The second-order valence-electron chi connectivity index (χ2n) is 8.05. The molecule has 1 heterocycles. The summed E-state index contributed by atoms with van der Waals surface area (Å²) in [4.78, 5) is 8.76. The fourth-order valence-corrected chi connectivity index (χ4v) is 3.88. The van der Waals surface area contributed by atoms with E-state index in [0.29, 0.717) is 37.9 Å². The highest BCUT2D eigenvalue weighted by Gasteiger charge is 2.07. The first kappa shape index (κ1) is 24.4. The molecule has 3 aromatic carbocycles. The van der Waals surface area contributed by atoms with E-state index in [4.69, 9.17) is 9.47 Å². The van der Waals surface area contributed by atoms with Gasteiger partial charge in [-0.2, -0.15) is 0 Å². The van der Waals surface area contributed by atoms with E-state index in [1.807, 2.05) is 72.8 Å². The van der Waals surface area contributed by atoms with Crippen LogP contribution in [0.1, 0.15) is 5.56 Å². The van der Waals surface area contributed by atoms with Gasteiger partial charge >= 0.3 is 0 Å². The second-order valence-corrected chi connectivity index (χ2v) is 10.3. The smallest absolute Gasteiger partial charge is 0.148 e. The molecule has 4 aromatic rings. The maximum Gasteiger partial charge on any atom is 0.148 e. The Balaban J connectivity index is 1.32. The summed E-state index contributed by atoms with van der Waals surface area (Å²) in [6.45, 7) is 1.90. The van der Waals surface area contributed by atoms with Gasteiger partial charge in [-0.15, -0.1) is 0 Å². The Morgan fingerprint density at radius 1 is 0.857 bits per heavy atom. The van der Waals surface area contributed by atoms with E-state index < -0.39 is 9.84 Å². The quantitative estimate of drug-likeness (QED) is 0.287. The molecule has 0 bridgehead atoms. The number of sulfone groups is 1. The van der Waals surface area contributed by atoms with Crippen LogP contribution in [-0.2, 0) is 16.4 Å². The molecule has 0 aliphatic heterocycles. The van der Waals surface area contributed by atoms with Crippen LogP contribution in [0.3, 0.4) is 0 Å². The summed E-state index contributed by atoms with van der Waals surface area (Å²) in [6, 6.07) is 23.4. The van der Waals surface area contributed by atoms with E-state index in [0.717, 1.165) is 27.9 Å². The molecule has 0 amide bonds. The normalized spacial score (nSPS) is 11.3. The topological polar surface area (TPSA) is 102 Å². The number of nitrogens with one attached hydrogen (secondary N) is 2. The molecule has 35 heavy (non-hydrogen) atoms. The molecular formula is C26H28N4O4S. The number of rotatable bonds is 12. The molecule has 182 valence electrons. The van der Waals surface area contributed by atoms with Crippen LogP contribution in [0.5, 0.6) is 11.5 Å². The van der Waals surface area contributed by atoms with E-state index >= 15 is 0 Å². The summed E-state index contributed by atoms with van der Waals surface area (Å²) in [7, 11) is -2.96. The van der Waals surface area contributed by atoms with Crippen molar-refractivity contribution in [3.8, 4) is 11.5 Å². The Hall–Kier alpha value is -3.69. The minimum absolute atomic E-state index is 0.110. The number of benzene rings is 3. The first-order valence-corrected chi connectivity index (χ1v) is 13.3. The highest BCUT2D eigenvalue weighted by molar-refractivity contribution is 7.90. The van der Waals surface area contributed by atoms with Gasteiger partial charge in [-0.3, -0.25) is 0 Å². The van der Waals surface area contributed by atoms with Gasteiger partial charge in [0.15, 0.2) is 0 Å². The number of ether oxygens (including phenoxy) is 2. The molecule has 0 atom stereocenters. The minimum atomic E-state index is -2.96. The van der Waals surface area contributed by atoms with Crippen molar-refractivity contribution < 1.29 is 17.9 Å². The molecule has 4 rings (SSSR count). The molecule has 9 heteroatoms. The molecule has 0 fully saturated rings. The van der Waals surface area contributed by atoms with Gasteiger partial charge in [-0.25, -0.2) is 18.4 Å². The van der Waals surface area contributed by atoms with E-state index in [2.05, 4.69) is 20.6 Å². The average Bonchev–Trinajstić information content (AvgIpc) is 2.86. The van der Waals surface area contributed by atoms with Gasteiger partial charge in [-0.1, -0.05) is 30.3 Å². The molecule has 0 aliphatic carbocycles. The molecule has 8 nitrogen and oxygen atoms in total. The molecule has 0 spiro atoms. The zero-order valence-corrected chi connectivity index (χ0v) is 20.3. The van der Waals surface area contributed by atoms with E-state index in [-0.39, 0.29) is 5.75 Å². The number of aromatic nitrogens is 2. The maximum atomic E-state index is 11.1. The van der Waals surface area contributed by atoms with Crippen LogP contribution in [0.25, 0.3) is 10.9 Å². The van der Waals surface area contributed by atoms with Gasteiger partial charge in [0.25, 0.3) is 0 Å². The summed E-state index contributed by atoms with van der Waals surface area (Å²) in [5, 5.41) is 7.27. The molecule has 0 saturated carbocycles. The zero-order valence-electron chi connectivity index (χ0n) is 19.5. The minimum Gasteiger partial charge on any atom is -0.492 e. The van der Waals surface area contributed by atoms with Crippen molar-refractivity contribution in [1.82, 2.24) is 15.3 Å². The number of hydrogen-bond acceptors (Lipinski definition) is 8. The summed E-state index contributed by atoms with van der Waals surface area (Å²) in [5.41, 5.74) is 2.76. The molecule has 0 radical (unpaired) electrons. The predicted molar refractivity (Wildman–Crippen MR) is 138 cm³/mol. The molecule has 0 saturated heterocycles. The third kappa shape index (κ3) is 7.66. The van der Waals surface area contributed by atoms with Gasteiger partial charge in [0.05, 0.1) is 11.3 Å². The third-order valence-electron chi connectivity index (χ3n) is 5.17. The third-order valence-corrected chi connectivity index (χ3v) is 6.12. The van der Waals surface area contributed by atoms with Gasteiger partial charge in [0.1, 0.15) is 46.7 Å². The summed E-state index contributed by atoms with van der Waals surface area (Å²) < 4.78 is 33.9. The van der Waals surface area contributed by atoms with Crippen LogP contribution in [0.2, 0.25) is 0 Å². The molecule has 1 aromatic heterocycles. The van der Waals surface area contributed by atoms with Crippen molar-refractivity contribution in [3.05, 3.63) is 84.7 Å². The Bertz CT molecular complexity index is 1350. The molecule has 2 N–H and O–H groups in total. The van der Waals surface area contributed by atoms with E-state index in [1.54, 1.807) is 0 Å². The van der Waals surface area contributed by atoms with Crippen molar-refractivity contribution in [2.75, 3.05) is 37.0 Å². The van der Waals surface area contributed by atoms with Crippen molar-refractivity contribution >= 4 is 32.2 Å². The lowest BCUT2D eigenvalue weighted by molar-refractivity contribution is 0.306. The molecular weight excluding hydrogens is 464 g/mol. The zero-order chi connectivity index (χ0) is 24.5. The number of nitrogens with zero attached hydrogens (tertiary/aromatic N) is 2. The lowest BCUT2D eigenvalue weighted by atomic mass is 10.2. The lowest BCUT2D eigenvalue weighted by Crippen LogP contribution is -2.26. The first-order valence-electron chi connectivity index (χ1n) is 11.3. The van der Waals surface area contributed by atoms with Gasteiger partial charge in [0, 0.05) is 36.5 Å². The van der Waals surface area contributed by atoms with E-state index in [1.165, 1.54) is 12.6 Å². The second kappa shape index (κ2) is 11.6. The van der Waals surface area contributed by atoms with Crippen LogP contribution in [-0.4, -0.2) is 50.1 Å². The Morgan fingerprint density at radius 3 is 2.40 bits per heavy atom. The maximum absolute atomic E-state index is 11.1. The molecule has 0 unspecified atom stereocenters. The van der Waals surface area contributed by atoms with Crippen LogP contribution in [0.4, 0.5) is 11.5 Å². The van der Waals surface area contributed by atoms with Crippen LogP contribution < -0.4 is 20.1 Å². The largest absolute Gasteiger partial charge is 0.492 e. The van der Waals surface area contributed by atoms with Crippen LogP contribution in [0.15, 0.2) is 79.1 Å². The van der Waals surface area contributed by atoms with Crippen molar-refractivity contribution in [2.24, 2.45) is 0 Å². The van der Waals surface area contributed by atoms with Crippen LogP contribution >= 0.6 is 0 Å². The Kier molecular flexibility index (Phi) is 8.12. The highest BCUT2D eigenvalue weighted by Crippen LogP contribution is 2.27. The summed E-state index contributed by atoms with van der Waals surface area (Å²) in [5.74, 6) is 2.28. The Labute approximate surface area is 205 Å². The Morgan fingerprint density at radius 2 is 1.63 bits per heavy atom. The fraction of sp³-hybridized carbons (Fsp3) is 0.231. The number of anilines is 2. The molecule has 0 aliphatic rings. The van der Waals surface area contributed by atoms with Crippen molar-refractivity contribution in [2.45, 2.75) is 6.61 Å². The number of fused-ring (bicyclic) bond motifs is 1. The van der Waals surface area contributed by atoms with Crippen molar-refractivity contribution in [1.29, 1.82) is 0 Å². The number of hydrogen-bond donors (Lipinski definition) is 2.